The van der Waals surface area contributed by atoms with Crippen LogP contribution < -0.4 is 15.0 Å². The van der Waals surface area contributed by atoms with Crippen molar-refractivity contribution in [2.75, 3.05) is 12.0 Å². The van der Waals surface area contributed by atoms with Gasteiger partial charge in [-0.05, 0) is 54.7 Å². The van der Waals surface area contributed by atoms with Crippen molar-refractivity contribution in [1.29, 1.82) is 0 Å². The predicted octanol–water partition coefficient (Wildman–Crippen LogP) is 4.51. The van der Waals surface area contributed by atoms with E-state index in [1.807, 2.05) is 53.4 Å². The number of hydrogen-bond donors (Lipinski definition) is 1. The summed E-state index contributed by atoms with van der Waals surface area (Å²) in [6, 6.07) is 14.9. The molecule has 3 aromatic rings. The van der Waals surface area contributed by atoms with Crippen LogP contribution in [0, 0.1) is 0 Å². The molecule has 1 aliphatic heterocycles. The maximum Gasteiger partial charge on any atom is 0.174 e. The Morgan fingerprint density at radius 2 is 2.12 bits per heavy atom. The molecule has 4 rings (SSSR count). The first-order valence-electron chi connectivity index (χ1n) is 8.06. The molecule has 2 aromatic heterocycles. The quantitative estimate of drug-likeness (QED) is 0.667. The zero-order valence-corrected chi connectivity index (χ0v) is 15.5. The summed E-state index contributed by atoms with van der Waals surface area (Å²) in [5, 5.41) is 4.47. The zero-order chi connectivity index (χ0) is 18.1. The normalized spacial score (nSPS) is 19.5. The highest BCUT2D eigenvalue weighted by Gasteiger charge is 2.42. The Kier molecular flexibility index (Phi) is 4.53. The lowest BCUT2D eigenvalue weighted by molar-refractivity contribution is 0.415. The zero-order valence-electron chi connectivity index (χ0n) is 13.9. The Labute approximate surface area is 161 Å². The summed E-state index contributed by atoms with van der Waals surface area (Å²) in [4.78, 5) is 6.49. The van der Waals surface area contributed by atoms with Gasteiger partial charge in [-0.15, -0.1) is 0 Å². The number of aromatic nitrogens is 1. The summed E-state index contributed by atoms with van der Waals surface area (Å²) in [5.41, 5.74) is 1.74. The van der Waals surface area contributed by atoms with Crippen molar-refractivity contribution in [2.45, 2.75) is 12.1 Å². The standard InChI is InChI=1S/C19H16ClN3O2S/c1-24-15-8-7-12(11-13(15)20)23-18(16-6-4-10-25-16)17(22-19(23)26)14-5-2-3-9-21-14/h2-11,17-18H,1H3,(H,22,26)/t17-,18+/m0/s1. The minimum Gasteiger partial charge on any atom is -0.495 e. The number of nitrogens with zero attached hydrogens (tertiary/aromatic N) is 2. The Hall–Kier alpha value is -2.57. The van der Waals surface area contributed by atoms with E-state index in [9.17, 15) is 0 Å². The summed E-state index contributed by atoms with van der Waals surface area (Å²) >= 11 is 12.0. The van der Waals surface area contributed by atoms with Crippen LogP contribution in [0.2, 0.25) is 5.02 Å². The first-order chi connectivity index (χ1) is 12.7. The highest BCUT2D eigenvalue weighted by atomic mass is 35.5. The van der Waals surface area contributed by atoms with Crippen molar-refractivity contribution in [3.8, 4) is 5.75 Å². The van der Waals surface area contributed by atoms with Gasteiger partial charge in [0, 0.05) is 11.9 Å². The fourth-order valence-corrected chi connectivity index (χ4v) is 3.78. The average Bonchev–Trinajstić information content (AvgIpc) is 3.30. The molecule has 3 heterocycles. The van der Waals surface area contributed by atoms with Gasteiger partial charge in [0.2, 0.25) is 0 Å². The molecule has 0 amide bonds. The van der Waals surface area contributed by atoms with E-state index in [2.05, 4.69) is 10.3 Å². The molecule has 1 N–H and O–H groups in total. The van der Waals surface area contributed by atoms with Crippen molar-refractivity contribution in [3.05, 3.63) is 77.5 Å². The third kappa shape index (κ3) is 2.91. The number of halogens is 1. The average molecular weight is 386 g/mol. The molecule has 2 atom stereocenters. The van der Waals surface area contributed by atoms with E-state index in [4.69, 9.17) is 33.0 Å². The molecule has 1 fully saturated rings. The Bertz CT molecular complexity index is 918. The monoisotopic (exact) mass is 385 g/mol. The maximum absolute atomic E-state index is 6.33. The molecule has 132 valence electrons. The van der Waals surface area contributed by atoms with E-state index < -0.39 is 0 Å². The van der Waals surface area contributed by atoms with Crippen molar-refractivity contribution in [1.82, 2.24) is 10.3 Å². The molecule has 1 aromatic carbocycles. The number of rotatable bonds is 4. The van der Waals surface area contributed by atoms with E-state index in [0.29, 0.717) is 15.9 Å². The fourth-order valence-electron chi connectivity index (χ4n) is 3.19. The maximum atomic E-state index is 6.33. The summed E-state index contributed by atoms with van der Waals surface area (Å²) < 4.78 is 11.0. The van der Waals surface area contributed by atoms with Crippen molar-refractivity contribution < 1.29 is 9.15 Å². The lowest BCUT2D eigenvalue weighted by Crippen LogP contribution is -2.29. The number of hydrogen-bond acceptors (Lipinski definition) is 4. The van der Waals surface area contributed by atoms with E-state index in [1.54, 1.807) is 19.6 Å². The van der Waals surface area contributed by atoms with Crippen molar-refractivity contribution >= 4 is 34.6 Å². The highest BCUT2D eigenvalue weighted by Crippen LogP contribution is 2.42. The smallest absolute Gasteiger partial charge is 0.174 e. The molecule has 0 bridgehead atoms. The van der Waals surface area contributed by atoms with Crippen LogP contribution in [0.25, 0.3) is 0 Å². The van der Waals surface area contributed by atoms with E-state index in [0.717, 1.165) is 17.1 Å². The van der Waals surface area contributed by atoms with Gasteiger partial charge in [-0.1, -0.05) is 17.7 Å². The van der Waals surface area contributed by atoms with Gasteiger partial charge >= 0.3 is 0 Å². The number of pyridine rings is 1. The van der Waals surface area contributed by atoms with Gasteiger partial charge in [0.25, 0.3) is 0 Å². The molecule has 0 spiro atoms. The Morgan fingerprint density at radius 3 is 2.77 bits per heavy atom. The van der Waals surface area contributed by atoms with E-state index >= 15 is 0 Å². The topological polar surface area (TPSA) is 50.5 Å². The van der Waals surface area contributed by atoms with Gasteiger partial charge in [0.05, 0.1) is 30.1 Å². The number of anilines is 1. The molecule has 7 heteroatoms. The van der Waals surface area contributed by atoms with Gasteiger partial charge in [-0.25, -0.2) is 0 Å². The van der Waals surface area contributed by atoms with Gasteiger partial charge in [0.15, 0.2) is 5.11 Å². The Morgan fingerprint density at radius 1 is 1.23 bits per heavy atom. The summed E-state index contributed by atoms with van der Waals surface area (Å²) in [7, 11) is 1.59. The molecule has 0 aliphatic carbocycles. The van der Waals surface area contributed by atoms with Crippen LogP contribution in [0.3, 0.4) is 0 Å². The second-order valence-electron chi connectivity index (χ2n) is 5.83. The van der Waals surface area contributed by atoms with Gasteiger partial charge < -0.3 is 19.4 Å². The van der Waals surface area contributed by atoms with Crippen LogP contribution in [-0.2, 0) is 0 Å². The summed E-state index contributed by atoms with van der Waals surface area (Å²) in [5.74, 6) is 1.41. The molecule has 0 radical (unpaired) electrons. The van der Waals surface area contributed by atoms with Crippen LogP contribution in [0.4, 0.5) is 5.69 Å². The van der Waals surface area contributed by atoms with Crippen LogP contribution in [0.5, 0.6) is 5.75 Å². The van der Waals surface area contributed by atoms with Gasteiger partial charge in [-0.2, -0.15) is 0 Å². The summed E-state index contributed by atoms with van der Waals surface area (Å²) in [6.07, 6.45) is 3.43. The largest absolute Gasteiger partial charge is 0.495 e. The molecule has 1 saturated heterocycles. The summed E-state index contributed by atoms with van der Waals surface area (Å²) in [6.45, 7) is 0. The van der Waals surface area contributed by atoms with Gasteiger partial charge in [-0.3, -0.25) is 4.98 Å². The van der Waals surface area contributed by atoms with Crippen LogP contribution in [-0.4, -0.2) is 17.2 Å². The molecular weight excluding hydrogens is 370 g/mol. The minimum absolute atomic E-state index is 0.143. The van der Waals surface area contributed by atoms with Gasteiger partial charge in [0.1, 0.15) is 17.6 Å². The predicted molar refractivity (Wildman–Crippen MR) is 105 cm³/mol. The number of ether oxygens (including phenoxy) is 1. The number of methoxy groups -OCH3 is 1. The lowest BCUT2D eigenvalue weighted by atomic mass is 10.0. The molecule has 0 saturated carbocycles. The first kappa shape index (κ1) is 16.9. The Balaban J connectivity index is 1.80. The molecular formula is C19H16ClN3O2S. The molecule has 26 heavy (non-hydrogen) atoms. The van der Waals surface area contributed by atoms with Crippen molar-refractivity contribution in [2.24, 2.45) is 0 Å². The second kappa shape index (κ2) is 6.97. The fraction of sp³-hybridized carbons (Fsp3) is 0.158. The number of thiocarbonyl (C=S) groups is 1. The van der Waals surface area contributed by atoms with Crippen LogP contribution >= 0.6 is 23.8 Å². The van der Waals surface area contributed by atoms with Crippen molar-refractivity contribution in [3.63, 3.8) is 0 Å². The lowest BCUT2D eigenvalue weighted by Gasteiger charge is -2.26. The second-order valence-corrected chi connectivity index (χ2v) is 6.62. The molecule has 5 nitrogen and oxygen atoms in total. The third-order valence-corrected chi connectivity index (χ3v) is 4.96. The van der Waals surface area contributed by atoms with Crippen LogP contribution in [0.15, 0.2) is 65.4 Å². The third-order valence-electron chi connectivity index (χ3n) is 4.35. The molecule has 1 aliphatic rings. The minimum atomic E-state index is -0.183. The molecule has 0 unspecified atom stereocenters. The van der Waals surface area contributed by atoms with E-state index in [1.165, 1.54) is 0 Å². The van der Waals surface area contributed by atoms with E-state index in [-0.39, 0.29) is 12.1 Å². The van der Waals surface area contributed by atoms with Crippen LogP contribution in [0.1, 0.15) is 23.5 Å². The highest BCUT2D eigenvalue weighted by molar-refractivity contribution is 7.80. The number of benzene rings is 1. The SMILES string of the molecule is COc1ccc(N2C(=S)N[C@@H](c3ccccn3)[C@H]2c2ccco2)cc1Cl. The number of nitrogens with one attached hydrogen (secondary N) is 1. The number of furan rings is 1. The first-order valence-corrected chi connectivity index (χ1v) is 8.85.